The molecule has 0 fully saturated rings. The molecule has 1 unspecified atom stereocenters. The lowest BCUT2D eigenvalue weighted by Crippen LogP contribution is -2.36. The number of hydrogen-bond acceptors (Lipinski definition) is 5. The predicted octanol–water partition coefficient (Wildman–Crippen LogP) is -1.36. The van der Waals surface area contributed by atoms with E-state index in [9.17, 15) is 9.59 Å². The number of carboxylic acids is 1. The molecule has 4 N–H and O–H groups in total. The van der Waals surface area contributed by atoms with Gasteiger partial charge in [0.15, 0.2) is 6.04 Å². The Balaban J connectivity index is 2.59. The van der Waals surface area contributed by atoms with E-state index in [1.165, 1.54) is 17.1 Å². The standard InChI is InChI=1S/C10H16N4O4/c1-14-5-7(4-12-14)9(10(16)17)13-8(15)6-18-3-2-11/h4-5,9H,2-3,6,11H2,1H3,(H,13,15)(H,16,17). The van der Waals surface area contributed by atoms with E-state index in [2.05, 4.69) is 10.4 Å². The van der Waals surface area contributed by atoms with Crippen LogP contribution in [0.25, 0.3) is 0 Å². The summed E-state index contributed by atoms with van der Waals surface area (Å²) in [6.07, 6.45) is 2.92. The molecule has 0 aliphatic rings. The predicted molar refractivity (Wildman–Crippen MR) is 61.6 cm³/mol. The highest BCUT2D eigenvalue weighted by molar-refractivity contribution is 5.85. The number of aromatic nitrogens is 2. The monoisotopic (exact) mass is 256 g/mol. The van der Waals surface area contributed by atoms with E-state index in [0.717, 1.165) is 0 Å². The number of nitrogens with two attached hydrogens (primary N) is 1. The molecule has 0 radical (unpaired) electrons. The largest absolute Gasteiger partial charge is 0.479 e. The number of ether oxygens (including phenoxy) is 1. The number of carboxylic acid groups (broad SMARTS) is 1. The van der Waals surface area contributed by atoms with Crippen molar-refractivity contribution in [3.8, 4) is 0 Å². The zero-order valence-electron chi connectivity index (χ0n) is 10.00. The molecule has 1 heterocycles. The number of carbonyl (C=O) groups is 2. The first-order chi connectivity index (χ1) is 8.54. The summed E-state index contributed by atoms with van der Waals surface area (Å²) in [6, 6.07) is -1.13. The van der Waals surface area contributed by atoms with Gasteiger partial charge in [-0.3, -0.25) is 9.48 Å². The van der Waals surface area contributed by atoms with Crippen molar-refractivity contribution in [3.05, 3.63) is 18.0 Å². The van der Waals surface area contributed by atoms with Crippen LogP contribution in [-0.4, -0.2) is 46.5 Å². The fourth-order valence-electron chi connectivity index (χ4n) is 1.33. The van der Waals surface area contributed by atoms with Crippen molar-refractivity contribution in [3.63, 3.8) is 0 Å². The van der Waals surface area contributed by atoms with Gasteiger partial charge < -0.3 is 20.9 Å². The molecule has 0 aliphatic carbocycles. The third-order valence-electron chi connectivity index (χ3n) is 2.11. The number of aryl methyl sites for hydroxylation is 1. The number of carbonyl (C=O) groups excluding carboxylic acids is 1. The summed E-state index contributed by atoms with van der Waals surface area (Å²) in [5.41, 5.74) is 5.60. The Labute approximate surface area is 104 Å². The summed E-state index contributed by atoms with van der Waals surface area (Å²) in [4.78, 5) is 22.5. The minimum Gasteiger partial charge on any atom is -0.479 e. The molecule has 1 aromatic heterocycles. The number of nitrogens with zero attached hydrogens (tertiary/aromatic N) is 2. The Morgan fingerprint density at radius 1 is 1.67 bits per heavy atom. The molecule has 0 bridgehead atoms. The van der Waals surface area contributed by atoms with Crippen LogP contribution in [0, 0.1) is 0 Å². The molecular weight excluding hydrogens is 240 g/mol. The van der Waals surface area contributed by atoms with Crippen LogP contribution in [0.3, 0.4) is 0 Å². The Bertz CT molecular complexity index is 418. The molecule has 0 spiro atoms. The second kappa shape index (κ2) is 6.72. The minimum atomic E-state index is -1.16. The van der Waals surface area contributed by atoms with Crippen molar-refractivity contribution in [1.29, 1.82) is 0 Å². The highest BCUT2D eigenvalue weighted by atomic mass is 16.5. The number of amides is 1. The number of aliphatic carboxylic acids is 1. The molecule has 1 atom stereocenters. The van der Waals surface area contributed by atoms with Gasteiger partial charge >= 0.3 is 5.97 Å². The summed E-state index contributed by atoms with van der Waals surface area (Å²) >= 11 is 0. The molecule has 0 aliphatic heterocycles. The Hall–Kier alpha value is -1.93. The molecule has 1 rings (SSSR count). The average molecular weight is 256 g/mol. The Morgan fingerprint density at radius 2 is 2.39 bits per heavy atom. The molecule has 0 saturated carbocycles. The highest BCUT2D eigenvalue weighted by Crippen LogP contribution is 2.11. The maximum Gasteiger partial charge on any atom is 0.331 e. The summed E-state index contributed by atoms with van der Waals surface area (Å²) in [5, 5.41) is 15.2. The van der Waals surface area contributed by atoms with Gasteiger partial charge in [-0.15, -0.1) is 0 Å². The van der Waals surface area contributed by atoms with Crippen molar-refractivity contribution in [2.24, 2.45) is 12.8 Å². The van der Waals surface area contributed by atoms with Gasteiger partial charge in [0.2, 0.25) is 5.91 Å². The first-order valence-electron chi connectivity index (χ1n) is 5.33. The van der Waals surface area contributed by atoms with E-state index in [0.29, 0.717) is 12.1 Å². The lowest BCUT2D eigenvalue weighted by molar-refractivity contribution is -0.142. The van der Waals surface area contributed by atoms with Gasteiger partial charge in [-0.2, -0.15) is 5.10 Å². The average Bonchev–Trinajstić information content (AvgIpc) is 2.72. The lowest BCUT2D eigenvalue weighted by Gasteiger charge is -2.12. The van der Waals surface area contributed by atoms with Gasteiger partial charge in [-0.05, 0) is 0 Å². The van der Waals surface area contributed by atoms with E-state index >= 15 is 0 Å². The minimum absolute atomic E-state index is 0.221. The fraction of sp³-hybridized carbons (Fsp3) is 0.500. The van der Waals surface area contributed by atoms with Gasteiger partial charge in [0.1, 0.15) is 6.61 Å². The lowest BCUT2D eigenvalue weighted by atomic mass is 10.1. The normalized spacial score (nSPS) is 12.1. The van der Waals surface area contributed by atoms with Crippen molar-refractivity contribution < 1.29 is 19.4 Å². The molecule has 8 heteroatoms. The van der Waals surface area contributed by atoms with Crippen LogP contribution in [0.2, 0.25) is 0 Å². The summed E-state index contributed by atoms with van der Waals surface area (Å²) in [7, 11) is 1.66. The van der Waals surface area contributed by atoms with Crippen LogP contribution in [0.15, 0.2) is 12.4 Å². The van der Waals surface area contributed by atoms with Crippen LogP contribution in [-0.2, 0) is 21.4 Å². The van der Waals surface area contributed by atoms with E-state index in [4.69, 9.17) is 15.6 Å². The molecule has 0 saturated heterocycles. The Kier molecular flexibility index (Phi) is 5.28. The molecule has 0 aromatic carbocycles. The van der Waals surface area contributed by atoms with Crippen LogP contribution < -0.4 is 11.1 Å². The van der Waals surface area contributed by atoms with Crippen LogP contribution in [0.5, 0.6) is 0 Å². The van der Waals surface area contributed by atoms with Crippen LogP contribution in [0.4, 0.5) is 0 Å². The van der Waals surface area contributed by atoms with E-state index < -0.39 is 17.9 Å². The number of rotatable bonds is 7. The zero-order chi connectivity index (χ0) is 13.5. The second-order valence-electron chi connectivity index (χ2n) is 3.63. The third-order valence-corrected chi connectivity index (χ3v) is 2.11. The van der Waals surface area contributed by atoms with Gasteiger partial charge in [0, 0.05) is 25.4 Å². The highest BCUT2D eigenvalue weighted by Gasteiger charge is 2.23. The topological polar surface area (TPSA) is 119 Å². The first kappa shape index (κ1) is 14.1. The summed E-state index contributed by atoms with van der Waals surface area (Å²) in [5.74, 6) is -1.67. The van der Waals surface area contributed by atoms with Gasteiger partial charge in [-0.1, -0.05) is 0 Å². The smallest absolute Gasteiger partial charge is 0.331 e. The maximum absolute atomic E-state index is 11.4. The van der Waals surface area contributed by atoms with Crippen molar-refractivity contribution >= 4 is 11.9 Å². The van der Waals surface area contributed by atoms with Crippen molar-refractivity contribution in [2.75, 3.05) is 19.8 Å². The third kappa shape index (κ3) is 4.15. The molecule has 18 heavy (non-hydrogen) atoms. The van der Waals surface area contributed by atoms with Crippen molar-refractivity contribution in [1.82, 2.24) is 15.1 Å². The van der Waals surface area contributed by atoms with Gasteiger partial charge in [-0.25, -0.2) is 4.79 Å². The van der Waals surface area contributed by atoms with E-state index in [1.54, 1.807) is 7.05 Å². The maximum atomic E-state index is 11.4. The number of nitrogens with one attached hydrogen (secondary N) is 1. The molecular formula is C10H16N4O4. The quantitative estimate of drug-likeness (QED) is 0.518. The second-order valence-corrected chi connectivity index (χ2v) is 3.63. The fourth-order valence-corrected chi connectivity index (χ4v) is 1.33. The van der Waals surface area contributed by atoms with Gasteiger partial charge in [0.05, 0.1) is 12.8 Å². The number of hydrogen-bond donors (Lipinski definition) is 3. The molecule has 8 nitrogen and oxygen atoms in total. The Morgan fingerprint density at radius 3 is 2.89 bits per heavy atom. The zero-order valence-corrected chi connectivity index (χ0v) is 10.00. The molecule has 100 valence electrons. The SMILES string of the molecule is Cn1cc(C(NC(=O)COCCN)C(=O)O)cn1. The van der Waals surface area contributed by atoms with E-state index in [-0.39, 0.29) is 13.2 Å². The molecule has 1 aromatic rings. The van der Waals surface area contributed by atoms with Crippen LogP contribution >= 0.6 is 0 Å². The first-order valence-corrected chi connectivity index (χ1v) is 5.33. The molecule has 1 amide bonds. The van der Waals surface area contributed by atoms with Gasteiger partial charge in [0.25, 0.3) is 0 Å². The summed E-state index contributed by atoms with van der Waals surface area (Å²) < 4.78 is 6.38. The van der Waals surface area contributed by atoms with Crippen LogP contribution in [0.1, 0.15) is 11.6 Å². The summed E-state index contributed by atoms with van der Waals surface area (Å²) in [6.45, 7) is 0.331. The van der Waals surface area contributed by atoms with E-state index in [1.807, 2.05) is 0 Å². The van der Waals surface area contributed by atoms with Crippen molar-refractivity contribution in [2.45, 2.75) is 6.04 Å².